The van der Waals surface area contributed by atoms with Crippen LogP contribution in [0.2, 0.25) is 0 Å². The highest BCUT2D eigenvalue weighted by Crippen LogP contribution is 2.25. The maximum Gasteiger partial charge on any atom is 0.0392 e. The van der Waals surface area contributed by atoms with Crippen LogP contribution in [0.4, 0.5) is 11.4 Å². The van der Waals surface area contributed by atoms with Crippen LogP contribution < -0.4 is 11.1 Å². The molecule has 0 radical (unpaired) electrons. The quantitative estimate of drug-likeness (QED) is 0.802. The van der Waals surface area contributed by atoms with Crippen molar-refractivity contribution >= 4 is 11.4 Å². The van der Waals surface area contributed by atoms with Gasteiger partial charge >= 0.3 is 0 Å². The van der Waals surface area contributed by atoms with Crippen LogP contribution in [0.25, 0.3) is 0 Å². The zero-order valence-electron chi connectivity index (χ0n) is 11.3. The van der Waals surface area contributed by atoms with E-state index in [1.807, 2.05) is 12.1 Å². The van der Waals surface area contributed by atoms with Crippen LogP contribution in [-0.4, -0.2) is 6.04 Å². The van der Waals surface area contributed by atoms with Crippen molar-refractivity contribution in [1.29, 1.82) is 0 Å². The Kier molecular flexibility index (Phi) is 3.16. The van der Waals surface area contributed by atoms with E-state index >= 15 is 0 Å². The van der Waals surface area contributed by atoms with Crippen molar-refractivity contribution in [3.8, 4) is 0 Å². The SMILES string of the molecule is Cc1ccc(N)cc1NC1CCc2ccccc2C1. The Labute approximate surface area is 114 Å². The van der Waals surface area contributed by atoms with Crippen LogP contribution in [0.15, 0.2) is 42.5 Å². The Morgan fingerprint density at radius 2 is 1.89 bits per heavy atom. The van der Waals surface area contributed by atoms with Crippen molar-refractivity contribution in [3.63, 3.8) is 0 Å². The predicted molar refractivity (Wildman–Crippen MR) is 81.5 cm³/mol. The van der Waals surface area contributed by atoms with Crippen molar-refractivity contribution in [2.45, 2.75) is 32.2 Å². The number of benzene rings is 2. The van der Waals surface area contributed by atoms with Crippen LogP contribution in [-0.2, 0) is 12.8 Å². The van der Waals surface area contributed by atoms with Crippen molar-refractivity contribution in [1.82, 2.24) is 0 Å². The van der Waals surface area contributed by atoms with Crippen molar-refractivity contribution < 1.29 is 0 Å². The zero-order valence-corrected chi connectivity index (χ0v) is 11.3. The fraction of sp³-hybridized carbons (Fsp3) is 0.294. The molecule has 0 amide bonds. The van der Waals surface area contributed by atoms with Crippen LogP contribution in [0, 0.1) is 6.92 Å². The number of hydrogen-bond donors (Lipinski definition) is 2. The topological polar surface area (TPSA) is 38.0 Å². The third kappa shape index (κ3) is 2.58. The number of nitrogens with one attached hydrogen (secondary N) is 1. The first-order valence-corrected chi connectivity index (χ1v) is 6.92. The highest BCUT2D eigenvalue weighted by atomic mass is 14.9. The lowest BCUT2D eigenvalue weighted by Crippen LogP contribution is -2.27. The maximum atomic E-state index is 5.87. The van der Waals surface area contributed by atoms with E-state index in [0.29, 0.717) is 6.04 Å². The molecule has 0 bridgehead atoms. The second-order valence-electron chi connectivity index (χ2n) is 5.43. The Hall–Kier alpha value is -1.96. The van der Waals surface area contributed by atoms with Gasteiger partial charge in [-0.1, -0.05) is 30.3 Å². The van der Waals surface area contributed by atoms with Gasteiger partial charge in [0.2, 0.25) is 0 Å². The van der Waals surface area contributed by atoms with Gasteiger partial charge in [-0.05, 0) is 55.0 Å². The van der Waals surface area contributed by atoms with Gasteiger partial charge < -0.3 is 11.1 Å². The summed E-state index contributed by atoms with van der Waals surface area (Å²) in [7, 11) is 0. The lowest BCUT2D eigenvalue weighted by atomic mass is 9.88. The van der Waals surface area contributed by atoms with E-state index in [1.165, 1.54) is 28.8 Å². The summed E-state index contributed by atoms with van der Waals surface area (Å²) in [5, 5.41) is 3.65. The fourth-order valence-electron chi connectivity index (χ4n) is 2.84. The number of anilines is 2. The second-order valence-corrected chi connectivity index (χ2v) is 5.43. The summed E-state index contributed by atoms with van der Waals surface area (Å²) in [5.41, 5.74) is 12.1. The van der Waals surface area contributed by atoms with E-state index in [1.54, 1.807) is 0 Å². The van der Waals surface area contributed by atoms with E-state index in [-0.39, 0.29) is 0 Å². The molecule has 2 aromatic carbocycles. The highest BCUT2D eigenvalue weighted by molar-refractivity contribution is 5.59. The molecule has 0 saturated carbocycles. The lowest BCUT2D eigenvalue weighted by molar-refractivity contribution is 0.610. The van der Waals surface area contributed by atoms with Crippen molar-refractivity contribution in [2.24, 2.45) is 0 Å². The summed E-state index contributed by atoms with van der Waals surface area (Å²) in [6.07, 6.45) is 3.45. The number of nitrogens with two attached hydrogens (primary N) is 1. The molecule has 3 rings (SSSR count). The fourth-order valence-corrected chi connectivity index (χ4v) is 2.84. The van der Waals surface area contributed by atoms with Crippen molar-refractivity contribution in [3.05, 3.63) is 59.2 Å². The van der Waals surface area contributed by atoms with Gasteiger partial charge in [-0.2, -0.15) is 0 Å². The molecular weight excluding hydrogens is 232 g/mol. The highest BCUT2D eigenvalue weighted by Gasteiger charge is 2.18. The molecule has 1 atom stereocenters. The second kappa shape index (κ2) is 4.96. The lowest BCUT2D eigenvalue weighted by Gasteiger charge is -2.27. The van der Waals surface area contributed by atoms with E-state index in [2.05, 4.69) is 42.6 Å². The molecule has 3 N–H and O–H groups in total. The molecule has 0 fully saturated rings. The summed E-state index contributed by atoms with van der Waals surface area (Å²) in [5.74, 6) is 0. The molecule has 2 nitrogen and oxygen atoms in total. The predicted octanol–water partition coefficient (Wildman–Crippen LogP) is 3.55. The van der Waals surface area contributed by atoms with E-state index in [9.17, 15) is 0 Å². The number of aryl methyl sites for hydroxylation is 2. The number of rotatable bonds is 2. The summed E-state index contributed by atoms with van der Waals surface area (Å²) < 4.78 is 0. The summed E-state index contributed by atoms with van der Waals surface area (Å²) in [6.45, 7) is 2.12. The molecule has 0 saturated heterocycles. The zero-order chi connectivity index (χ0) is 13.2. The first-order valence-electron chi connectivity index (χ1n) is 6.92. The minimum Gasteiger partial charge on any atom is -0.399 e. The van der Waals surface area contributed by atoms with Gasteiger partial charge in [0.1, 0.15) is 0 Å². The van der Waals surface area contributed by atoms with Crippen LogP contribution in [0.5, 0.6) is 0 Å². The van der Waals surface area contributed by atoms with Gasteiger partial charge in [-0.15, -0.1) is 0 Å². The molecule has 19 heavy (non-hydrogen) atoms. The largest absolute Gasteiger partial charge is 0.399 e. The van der Waals surface area contributed by atoms with Crippen LogP contribution in [0.1, 0.15) is 23.1 Å². The molecule has 1 aliphatic rings. The molecule has 2 heteroatoms. The number of nitrogen functional groups attached to an aromatic ring is 1. The average molecular weight is 252 g/mol. The normalized spacial score (nSPS) is 17.8. The number of fused-ring (bicyclic) bond motifs is 1. The molecule has 98 valence electrons. The Bertz CT molecular complexity index is 590. The Morgan fingerprint density at radius 3 is 2.74 bits per heavy atom. The summed E-state index contributed by atoms with van der Waals surface area (Å²) in [4.78, 5) is 0. The van der Waals surface area contributed by atoms with Gasteiger partial charge in [0.25, 0.3) is 0 Å². The van der Waals surface area contributed by atoms with Gasteiger partial charge in [-0.25, -0.2) is 0 Å². The standard InChI is InChI=1S/C17H20N2/c1-12-6-8-15(18)11-17(12)19-16-9-7-13-4-2-3-5-14(13)10-16/h2-6,8,11,16,19H,7,9-10,18H2,1H3. The molecule has 1 unspecified atom stereocenters. The molecule has 0 heterocycles. The Balaban J connectivity index is 1.77. The number of hydrogen-bond acceptors (Lipinski definition) is 2. The summed E-state index contributed by atoms with van der Waals surface area (Å²) >= 11 is 0. The maximum absolute atomic E-state index is 5.87. The van der Waals surface area contributed by atoms with Gasteiger partial charge in [0.05, 0.1) is 0 Å². The Morgan fingerprint density at radius 1 is 1.11 bits per heavy atom. The minimum atomic E-state index is 0.510. The average Bonchev–Trinajstić information content (AvgIpc) is 2.43. The van der Waals surface area contributed by atoms with Crippen LogP contribution in [0.3, 0.4) is 0 Å². The first-order chi connectivity index (χ1) is 9.22. The van der Waals surface area contributed by atoms with Crippen molar-refractivity contribution in [2.75, 3.05) is 11.1 Å². The molecule has 0 aromatic heterocycles. The minimum absolute atomic E-state index is 0.510. The molecular formula is C17H20N2. The molecule has 0 aliphatic heterocycles. The van der Waals surface area contributed by atoms with Gasteiger partial charge in [-0.3, -0.25) is 0 Å². The monoisotopic (exact) mass is 252 g/mol. The van der Waals surface area contributed by atoms with E-state index in [4.69, 9.17) is 5.73 Å². The third-order valence-corrected chi connectivity index (χ3v) is 3.97. The van der Waals surface area contributed by atoms with E-state index < -0.39 is 0 Å². The first kappa shape index (κ1) is 12.1. The van der Waals surface area contributed by atoms with E-state index in [0.717, 1.165) is 18.5 Å². The summed E-state index contributed by atoms with van der Waals surface area (Å²) in [6, 6.07) is 15.3. The van der Waals surface area contributed by atoms with Crippen LogP contribution >= 0.6 is 0 Å². The molecule has 2 aromatic rings. The van der Waals surface area contributed by atoms with Gasteiger partial charge in [0.15, 0.2) is 0 Å². The smallest absolute Gasteiger partial charge is 0.0392 e. The molecule has 0 spiro atoms. The van der Waals surface area contributed by atoms with Gasteiger partial charge in [0, 0.05) is 17.4 Å². The third-order valence-electron chi connectivity index (χ3n) is 3.97. The molecule has 1 aliphatic carbocycles.